The molecule has 0 aliphatic carbocycles. The van der Waals surface area contributed by atoms with Crippen LogP contribution in [0.2, 0.25) is 0 Å². The van der Waals surface area contributed by atoms with Gasteiger partial charge in [-0.15, -0.1) is 0 Å². The molecule has 0 saturated heterocycles. The van der Waals surface area contributed by atoms with Crippen molar-refractivity contribution >= 4 is 28.1 Å². The molecular formula is C26H27FN4O2. The molecule has 3 rings (SSSR count). The van der Waals surface area contributed by atoms with Gasteiger partial charge in [-0.05, 0) is 63.7 Å². The highest BCUT2D eigenvalue weighted by atomic mass is 19.1. The molecule has 0 fully saturated rings. The van der Waals surface area contributed by atoms with E-state index in [4.69, 9.17) is 22.6 Å². The van der Waals surface area contributed by atoms with Gasteiger partial charge in [0, 0.05) is 50.0 Å². The normalized spacial score (nSPS) is 18.7. The number of allylic oxidation sites excluding steroid dienone is 1. The van der Waals surface area contributed by atoms with Gasteiger partial charge >= 0.3 is 0 Å². The first kappa shape index (κ1) is 11.9. The van der Waals surface area contributed by atoms with E-state index in [1.165, 1.54) is 19.1 Å². The highest BCUT2D eigenvalue weighted by Crippen LogP contribution is 2.34. The monoisotopic (exact) mass is 459 g/mol. The Morgan fingerprint density at radius 3 is 3.09 bits per heavy atom. The van der Waals surface area contributed by atoms with Gasteiger partial charge in [-0.2, -0.15) is 5.26 Å². The van der Waals surface area contributed by atoms with E-state index in [9.17, 15) is 14.4 Å². The fourth-order valence-corrected chi connectivity index (χ4v) is 2.87. The van der Waals surface area contributed by atoms with Crippen molar-refractivity contribution < 1.29 is 31.7 Å². The van der Waals surface area contributed by atoms with Gasteiger partial charge in [-0.25, -0.2) is 4.39 Å². The maximum absolute atomic E-state index is 14.0. The number of carbonyl (C=O) groups excluding carboxylic acids is 1. The summed E-state index contributed by atoms with van der Waals surface area (Å²) >= 11 is 0. The molecule has 6 nitrogen and oxygen atoms in total. The number of halogens is 1. The van der Waals surface area contributed by atoms with Gasteiger partial charge in [-0.1, -0.05) is 6.05 Å². The predicted molar refractivity (Wildman–Crippen MR) is 128 cm³/mol. The minimum absolute atomic E-state index is 0.193. The van der Waals surface area contributed by atoms with Gasteiger partial charge in [0.05, 0.1) is 32.9 Å². The number of aryl methyl sites for hydroxylation is 1. The van der Waals surface area contributed by atoms with Crippen LogP contribution in [0.3, 0.4) is 0 Å². The fourth-order valence-electron chi connectivity index (χ4n) is 2.87. The van der Waals surface area contributed by atoms with Crippen molar-refractivity contribution in [2.24, 2.45) is 0 Å². The second-order valence-electron chi connectivity index (χ2n) is 6.92. The van der Waals surface area contributed by atoms with E-state index in [-0.39, 0.29) is 22.3 Å². The summed E-state index contributed by atoms with van der Waals surface area (Å²) in [4.78, 5) is 17.9. The summed E-state index contributed by atoms with van der Waals surface area (Å²) in [5.74, 6) is -2.67. The average Bonchev–Trinajstić information content (AvgIpc) is 2.93. The maximum atomic E-state index is 14.0. The van der Waals surface area contributed by atoms with Crippen molar-refractivity contribution in [3.8, 4) is 11.8 Å². The molecule has 7 heteroatoms. The van der Waals surface area contributed by atoms with E-state index in [0.717, 1.165) is 18.0 Å². The summed E-state index contributed by atoms with van der Waals surface area (Å²) in [6.45, 7) is -8.75. The number of benzene rings is 2. The fraction of sp³-hybridized carbons (Fsp3) is 0.269. The molecule has 0 aliphatic rings. The van der Waals surface area contributed by atoms with Crippen LogP contribution < -0.4 is 10.1 Å². The third-order valence-electron chi connectivity index (χ3n) is 4.37. The van der Waals surface area contributed by atoms with Crippen LogP contribution in [0, 0.1) is 24.1 Å². The molecule has 0 spiro atoms. The van der Waals surface area contributed by atoms with Gasteiger partial charge < -0.3 is 15.0 Å². The Morgan fingerprint density at radius 1 is 1.52 bits per heavy atom. The predicted octanol–water partition coefficient (Wildman–Crippen LogP) is 4.93. The first-order valence-corrected chi connectivity index (χ1v) is 9.51. The number of nitriles is 1. The molecule has 1 N–H and O–H groups in total. The van der Waals surface area contributed by atoms with Gasteiger partial charge in [-0.3, -0.25) is 9.78 Å². The number of hydrogen-bond acceptors (Lipinski definition) is 6. The Labute approximate surface area is 211 Å². The molecule has 0 unspecified atom stereocenters. The van der Waals surface area contributed by atoms with Crippen LogP contribution in [0.4, 0.5) is 15.8 Å². The van der Waals surface area contributed by atoms with Crippen molar-refractivity contribution in [1.82, 2.24) is 9.88 Å². The van der Waals surface area contributed by atoms with E-state index < -0.39 is 97.7 Å². The number of fused-ring (bicyclic) bond motifs is 1. The summed E-state index contributed by atoms with van der Waals surface area (Å²) in [7, 11) is 1.14. The Balaban J connectivity index is 2.37. The third kappa shape index (κ3) is 5.93. The molecule has 170 valence electrons. The second kappa shape index (κ2) is 10.7. The minimum atomic E-state index is -3.48. The lowest BCUT2D eigenvalue weighted by Crippen LogP contribution is -2.11. The molecule has 0 atom stereocenters. The zero-order chi connectivity index (χ0) is 35.1. The van der Waals surface area contributed by atoms with Gasteiger partial charge in [0.15, 0.2) is 5.78 Å². The first-order chi connectivity index (χ1) is 21.0. The zero-order valence-electron chi connectivity index (χ0n) is 30.7. The highest BCUT2D eigenvalue weighted by Gasteiger charge is 2.16. The Bertz CT molecular complexity index is 1780. The van der Waals surface area contributed by atoms with Crippen molar-refractivity contribution in [1.29, 1.82) is 5.26 Å². The lowest BCUT2D eigenvalue weighted by Gasteiger charge is -2.15. The van der Waals surface area contributed by atoms with Crippen LogP contribution in [0.15, 0.2) is 48.6 Å². The van der Waals surface area contributed by atoms with Crippen LogP contribution in [-0.2, 0) is 11.2 Å². The van der Waals surface area contributed by atoms with Crippen molar-refractivity contribution in [2.45, 2.75) is 20.2 Å². The van der Waals surface area contributed by atoms with Gasteiger partial charge in [0.1, 0.15) is 17.6 Å². The zero-order valence-corrected chi connectivity index (χ0v) is 17.7. The van der Waals surface area contributed by atoms with Gasteiger partial charge in [0.25, 0.3) is 0 Å². The van der Waals surface area contributed by atoms with Crippen LogP contribution in [0.5, 0.6) is 5.75 Å². The number of likely N-dealkylation sites (N-methyl/N-ethyl adjacent to an activating group) is 1. The number of rotatable bonds is 9. The first-order valence-electron chi connectivity index (χ1n) is 16.0. The second-order valence-corrected chi connectivity index (χ2v) is 6.92. The average molecular weight is 460 g/mol. The summed E-state index contributed by atoms with van der Waals surface area (Å²) in [6, 6.07) is 2.25. The van der Waals surface area contributed by atoms with E-state index in [0.29, 0.717) is 0 Å². The number of hydrogen-bond donors (Lipinski definition) is 1. The quantitative estimate of drug-likeness (QED) is 0.457. The van der Waals surface area contributed by atoms with E-state index in [2.05, 4.69) is 10.3 Å². The number of anilines is 2. The largest absolute Gasteiger partial charge is 0.494 e. The number of carbonyl (C=O) groups is 1. The van der Waals surface area contributed by atoms with Gasteiger partial charge in [0.2, 0.25) is 0 Å². The SMILES string of the molecule is [2H]/C(CN(C)C([2H])([2H])[2H])=C(/[2H])C(=O)Cc1c(OC([2H])([2H])C([2H])([2H])[2H])c([2H])c2nc([2H])c(C#N)c(Nc3ccc(F)c(C)c3)c2c1[2H]. The Morgan fingerprint density at radius 2 is 2.36 bits per heavy atom. The highest BCUT2D eigenvalue weighted by molar-refractivity contribution is 5.98. The summed E-state index contributed by atoms with van der Waals surface area (Å²) in [5, 5.41) is 12.3. The standard InChI is InChI=1S/C26H27FN4O2/c1-5-33-25-14-24-22(13-18(25)12-21(32)7-6-10-31(3)4)26(19(15-28)16-29-24)30-20-8-9-23(27)17(2)11-20/h6-9,11,13-14,16H,5,10,12H2,1-4H3,(H,29,30)/b7-6+/i1D3,3D3,5D2,6D,7D,13D,14D,16D. The molecule has 1 aromatic heterocycles. The Hall–Kier alpha value is -3.76. The number of aromatic nitrogens is 1. The number of ether oxygens (including phenoxy) is 1. The summed E-state index contributed by atoms with van der Waals surface area (Å²) < 4.78 is 122. The molecule has 33 heavy (non-hydrogen) atoms. The van der Waals surface area contributed by atoms with E-state index in [1.807, 2.05) is 0 Å². The molecule has 2 aromatic carbocycles. The van der Waals surface area contributed by atoms with Crippen molar-refractivity contribution in [2.75, 3.05) is 32.4 Å². The Kier molecular flexibility index (Phi) is 3.87. The van der Waals surface area contributed by atoms with Crippen molar-refractivity contribution in [3.63, 3.8) is 0 Å². The molecule has 0 bridgehead atoms. The van der Waals surface area contributed by atoms with Crippen LogP contribution in [0.1, 0.15) is 41.4 Å². The molecule has 0 radical (unpaired) electrons. The molecule has 0 aliphatic heterocycles. The van der Waals surface area contributed by atoms with Crippen molar-refractivity contribution in [3.05, 3.63) is 71.1 Å². The molecule has 0 saturated carbocycles. The number of ketones is 1. The molecule has 1 heterocycles. The maximum Gasteiger partial charge on any atom is 0.159 e. The van der Waals surface area contributed by atoms with Crippen LogP contribution >= 0.6 is 0 Å². The topological polar surface area (TPSA) is 78.2 Å². The summed E-state index contributed by atoms with van der Waals surface area (Å²) in [5.41, 5.74) is -1.42. The van der Waals surface area contributed by atoms with E-state index >= 15 is 0 Å². The number of pyridine rings is 1. The van der Waals surface area contributed by atoms with Crippen LogP contribution in [0.25, 0.3) is 10.9 Å². The smallest absolute Gasteiger partial charge is 0.159 e. The molecule has 0 amide bonds. The number of nitrogens with zero attached hydrogens (tertiary/aromatic N) is 3. The molecule has 3 aromatic rings. The third-order valence-corrected chi connectivity index (χ3v) is 4.37. The number of nitrogens with one attached hydrogen (secondary N) is 1. The van der Waals surface area contributed by atoms with E-state index in [1.54, 1.807) is 6.07 Å². The summed E-state index contributed by atoms with van der Waals surface area (Å²) in [6.07, 6.45) is -1.71. The van der Waals surface area contributed by atoms with Crippen LogP contribution in [-0.4, -0.2) is 42.8 Å². The minimum Gasteiger partial charge on any atom is -0.494 e. The lowest BCUT2D eigenvalue weighted by molar-refractivity contribution is -0.114. The molecular weight excluding hydrogens is 419 g/mol. The lowest BCUT2D eigenvalue weighted by atomic mass is 10.0.